The van der Waals surface area contributed by atoms with Crippen molar-refractivity contribution in [2.24, 2.45) is 5.92 Å². The van der Waals surface area contributed by atoms with Crippen molar-refractivity contribution in [1.29, 1.82) is 0 Å². The molecule has 6 nitrogen and oxygen atoms in total. The molecule has 0 saturated heterocycles. The number of carbonyl (C=O) groups excluding carboxylic acids is 1. The molecule has 1 N–H and O–H groups in total. The van der Waals surface area contributed by atoms with E-state index in [2.05, 4.69) is 40.3 Å². The van der Waals surface area contributed by atoms with Crippen LogP contribution in [0.3, 0.4) is 0 Å². The van der Waals surface area contributed by atoms with Crippen LogP contribution in [0.1, 0.15) is 41.9 Å². The molecule has 1 aliphatic carbocycles. The van der Waals surface area contributed by atoms with Crippen molar-refractivity contribution in [3.05, 3.63) is 59.5 Å². The molecule has 0 amide bonds. The van der Waals surface area contributed by atoms with E-state index in [0.717, 1.165) is 24.2 Å². The molecule has 2 aromatic heterocycles. The summed E-state index contributed by atoms with van der Waals surface area (Å²) in [5.74, 6) is 1.48. The van der Waals surface area contributed by atoms with Crippen LogP contribution in [-0.2, 0) is 12.8 Å². The molecule has 1 aromatic carbocycles. The van der Waals surface area contributed by atoms with E-state index in [9.17, 15) is 4.79 Å². The Kier molecular flexibility index (Phi) is 4.24. The van der Waals surface area contributed by atoms with Crippen molar-refractivity contribution in [1.82, 2.24) is 19.7 Å². The standard InChI is InChI=1S/C20H21N5O/c1-3-14-7-4-5-8-15(14)23-19-18-16(11-13(2)12-17(18)26)25(24-19)20-21-9-6-10-22-20/h4-10,13H,3,11-12H2,1-2H3,(H,23,24). The third-order valence-electron chi connectivity index (χ3n) is 4.73. The monoisotopic (exact) mass is 347 g/mol. The molecular weight excluding hydrogens is 326 g/mol. The molecular formula is C20H21N5O. The molecule has 2 heterocycles. The molecule has 4 rings (SSSR count). The van der Waals surface area contributed by atoms with Crippen molar-refractivity contribution in [3.8, 4) is 5.95 Å². The number of anilines is 2. The summed E-state index contributed by atoms with van der Waals surface area (Å²) < 4.78 is 1.71. The highest BCUT2D eigenvalue weighted by Crippen LogP contribution is 2.33. The molecule has 132 valence electrons. The number of nitrogens with one attached hydrogen (secondary N) is 1. The largest absolute Gasteiger partial charge is 0.338 e. The molecule has 0 saturated carbocycles. The fourth-order valence-electron chi connectivity index (χ4n) is 3.49. The van der Waals surface area contributed by atoms with E-state index >= 15 is 0 Å². The van der Waals surface area contributed by atoms with Crippen LogP contribution in [0.2, 0.25) is 0 Å². The number of hydrogen-bond donors (Lipinski definition) is 1. The number of Topliss-reactive ketones (excluding diaryl/α,β-unsaturated/α-hetero) is 1. The summed E-state index contributed by atoms with van der Waals surface area (Å²) >= 11 is 0. The minimum atomic E-state index is 0.123. The van der Waals surface area contributed by atoms with E-state index in [-0.39, 0.29) is 11.7 Å². The van der Waals surface area contributed by atoms with E-state index in [1.165, 1.54) is 5.56 Å². The van der Waals surface area contributed by atoms with Crippen LogP contribution in [0, 0.1) is 5.92 Å². The van der Waals surface area contributed by atoms with Gasteiger partial charge in [-0.1, -0.05) is 32.0 Å². The number of fused-ring (bicyclic) bond motifs is 1. The maximum Gasteiger partial charge on any atom is 0.250 e. The first kappa shape index (κ1) is 16.4. The molecule has 1 atom stereocenters. The second-order valence-electron chi connectivity index (χ2n) is 6.70. The molecule has 1 aliphatic rings. The number of aromatic nitrogens is 4. The zero-order valence-electron chi connectivity index (χ0n) is 14.9. The highest BCUT2D eigenvalue weighted by atomic mass is 16.1. The highest BCUT2D eigenvalue weighted by Gasteiger charge is 2.31. The molecule has 0 radical (unpaired) electrons. The number of ketones is 1. The minimum absolute atomic E-state index is 0.123. The Hall–Kier alpha value is -3.02. The van der Waals surface area contributed by atoms with Gasteiger partial charge in [-0.05, 0) is 36.5 Å². The third kappa shape index (κ3) is 2.87. The summed E-state index contributed by atoms with van der Waals surface area (Å²) in [5.41, 5.74) is 3.71. The van der Waals surface area contributed by atoms with Crippen molar-refractivity contribution < 1.29 is 4.79 Å². The lowest BCUT2D eigenvalue weighted by Gasteiger charge is -2.19. The van der Waals surface area contributed by atoms with Gasteiger partial charge in [-0.3, -0.25) is 4.79 Å². The van der Waals surface area contributed by atoms with Gasteiger partial charge >= 0.3 is 0 Å². The van der Waals surface area contributed by atoms with E-state index < -0.39 is 0 Å². The van der Waals surface area contributed by atoms with E-state index in [1.807, 2.05) is 18.2 Å². The zero-order chi connectivity index (χ0) is 18.1. The Morgan fingerprint density at radius 2 is 1.92 bits per heavy atom. The van der Waals surface area contributed by atoms with E-state index in [1.54, 1.807) is 23.1 Å². The first-order chi connectivity index (χ1) is 12.7. The number of para-hydroxylation sites is 1. The van der Waals surface area contributed by atoms with Gasteiger partial charge in [0.1, 0.15) is 0 Å². The third-order valence-corrected chi connectivity index (χ3v) is 4.73. The molecule has 6 heteroatoms. The quantitative estimate of drug-likeness (QED) is 0.778. The molecule has 0 aliphatic heterocycles. The predicted octanol–water partition coefficient (Wildman–Crippen LogP) is 3.73. The van der Waals surface area contributed by atoms with Gasteiger partial charge in [0, 0.05) is 24.5 Å². The lowest BCUT2D eigenvalue weighted by atomic mass is 9.88. The van der Waals surface area contributed by atoms with Crippen LogP contribution in [0.4, 0.5) is 11.5 Å². The Balaban J connectivity index is 1.84. The smallest absolute Gasteiger partial charge is 0.250 e. The number of carbonyl (C=O) groups is 1. The fourth-order valence-corrected chi connectivity index (χ4v) is 3.49. The van der Waals surface area contributed by atoms with Gasteiger partial charge in [-0.25, -0.2) is 14.6 Å². The Bertz CT molecular complexity index is 948. The summed E-state index contributed by atoms with van der Waals surface area (Å²) in [6.45, 7) is 4.20. The molecule has 1 unspecified atom stereocenters. The van der Waals surface area contributed by atoms with E-state index in [0.29, 0.717) is 23.8 Å². The topological polar surface area (TPSA) is 72.7 Å². The summed E-state index contributed by atoms with van der Waals surface area (Å²) in [7, 11) is 0. The van der Waals surface area contributed by atoms with Gasteiger partial charge < -0.3 is 5.32 Å². The average molecular weight is 347 g/mol. The van der Waals surface area contributed by atoms with Gasteiger partial charge in [0.25, 0.3) is 5.95 Å². The number of nitrogens with zero attached hydrogens (tertiary/aromatic N) is 4. The Morgan fingerprint density at radius 1 is 1.15 bits per heavy atom. The van der Waals surface area contributed by atoms with Crippen LogP contribution < -0.4 is 5.32 Å². The lowest BCUT2D eigenvalue weighted by Crippen LogP contribution is -2.20. The molecule has 26 heavy (non-hydrogen) atoms. The molecule has 3 aromatic rings. The molecule has 0 fully saturated rings. The number of aryl methyl sites for hydroxylation is 1. The number of rotatable bonds is 4. The number of hydrogen-bond acceptors (Lipinski definition) is 5. The summed E-state index contributed by atoms with van der Waals surface area (Å²) in [6.07, 6.45) is 5.59. The summed E-state index contributed by atoms with van der Waals surface area (Å²) in [5, 5.41) is 8.06. The Labute approximate surface area is 152 Å². The van der Waals surface area contributed by atoms with Gasteiger partial charge in [-0.15, -0.1) is 5.10 Å². The van der Waals surface area contributed by atoms with Crippen LogP contribution in [-0.4, -0.2) is 25.5 Å². The fraction of sp³-hybridized carbons (Fsp3) is 0.300. The van der Waals surface area contributed by atoms with Gasteiger partial charge in [0.15, 0.2) is 11.6 Å². The minimum Gasteiger partial charge on any atom is -0.338 e. The van der Waals surface area contributed by atoms with Crippen LogP contribution in [0.25, 0.3) is 5.95 Å². The predicted molar refractivity (Wildman–Crippen MR) is 100 cm³/mol. The summed E-state index contributed by atoms with van der Waals surface area (Å²) in [6, 6.07) is 9.86. The SMILES string of the molecule is CCc1ccccc1Nc1nn(-c2ncccn2)c2c1C(=O)CC(C)C2. The van der Waals surface area contributed by atoms with Crippen LogP contribution >= 0.6 is 0 Å². The first-order valence-electron chi connectivity index (χ1n) is 8.94. The second kappa shape index (κ2) is 6.71. The maximum atomic E-state index is 12.8. The molecule has 0 bridgehead atoms. The first-order valence-corrected chi connectivity index (χ1v) is 8.94. The van der Waals surface area contributed by atoms with Crippen LogP contribution in [0.15, 0.2) is 42.7 Å². The van der Waals surface area contributed by atoms with Crippen LogP contribution in [0.5, 0.6) is 0 Å². The van der Waals surface area contributed by atoms with Crippen molar-refractivity contribution in [2.45, 2.75) is 33.1 Å². The average Bonchev–Trinajstić information content (AvgIpc) is 3.01. The van der Waals surface area contributed by atoms with Crippen molar-refractivity contribution in [2.75, 3.05) is 5.32 Å². The normalized spacial score (nSPS) is 16.4. The molecule has 0 spiro atoms. The van der Waals surface area contributed by atoms with Crippen molar-refractivity contribution >= 4 is 17.3 Å². The second-order valence-corrected chi connectivity index (χ2v) is 6.70. The van der Waals surface area contributed by atoms with Crippen molar-refractivity contribution in [3.63, 3.8) is 0 Å². The Morgan fingerprint density at radius 3 is 2.69 bits per heavy atom. The van der Waals surface area contributed by atoms with Gasteiger partial charge in [0.05, 0.1) is 11.3 Å². The summed E-state index contributed by atoms with van der Waals surface area (Å²) in [4.78, 5) is 21.4. The number of benzene rings is 1. The van der Waals surface area contributed by atoms with E-state index in [4.69, 9.17) is 0 Å². The van der Waals surface area contributed by atoms with Gasteiger partial charge in [0.2, 0.25) is 0 Å². The van der Waals surface area contributed by atoms with Gasteiger partial charge in [-0.2, -0.15) is 0 Å². The highest BCUT2D eigenvalue weighted by molar-refractivity contribution is 6.03. The maximum absolute atomic E-state index is 12.8. The zero-order valence-corrected chi connectivity index (χ0v) is 14.9. The lowest BCUT2D eigenvalue weighted by molar-refractivity contribution is 0.0953.